The van der Waals surface area contributed by atoms with Gasteiger partial charge in [-0.15, -0.1) is 0 Å². The van der Waals surface area contributed by atoms with Crippen LogP contribution >= 0.6 is 11.6 Å². The summed E-state index contributed by atoms with van der Waals surface area (Å²) in [6, 6.07) is 3.80. The number of hydrogen-bond donors (Lipinski definition) is 1. The van der Waals surface area contributed by atoms with E-state index >= 15 is 0 Å². The summed E-state index contributed by atoms with van der Waals surface area (Å²) in [5.74, 6) is -0.621. The number of carbonyl (C=O) groups is 1. The Morgan fingerprint density at radius 1 is 1.38 bits per heavy atom. The maximum atomic E-state index is 13.4. The smallest absolute Gasteiger partial charge is 0.382 e. The van der Waals surface area contributed by atoms with E-state index in [1.165, 1.54) is 27.9 Å². The molecule has 1 fully saturated rings. The molecule has 1 atom stereocenters. The first-order valence-corrected chi connectivity index (χ1v) is 8.49. The Bertz CT molecular complexity index is 834. The number of aromatic nitrogens is 2. The molecule has 3 rings (SSSR count). The molecular weight excluding hydrogens is 369 g/mol. The zero-order valence-electron chi connectivity index (χ0n) is 14.1. The number of anilines is 1. The lowest BCUT2D eigenvalue weighted by Crippen LogP contribution is -2.39. The number of amides is 1. The van der Waals surface area contributed by atoms with Crippen LogP contribution in [0.2, 0.25) is 5.02 Å². The highest BCUT2D eigenvalue weighted by Gasteiger charge is 2.37. The van der Waals surface area contributed by atoms with Gasteiger partial charge in [0.15, 0.2) is 5.82 Å². The van der Waals surface area contributed by atoms with Crippen molar-refractivity contribution in [3.05, 3.63) is 46.1 Å². The molecule has 26 heavy (non-hydrogen) atoms. The SMILES string of the molecule is Cn1cc(C(=O)N2CCC[C@@H](c3ccc(Cl)cc3C(F)(F)F)C2)c(N)n1. The molecule has 2 N–H and O–H groups in total. The second kappa shape index (κ2) is 6.83. The second-order valence-corrected chi connectivity index (χ2v) is 6.86. The lowest BCUT2D eigenvalue weighted by molar-refractivity contribution is -0.138. The van der Waals surface area contributed by atoms with Crippen LogP contribution in [0.25, 0.3) is 0 Å². The first kappa shape index (κ1) is 18.6. The van der Waals surface area contributed by atoms with Crippen LogP contribution in [0.3, 0.4) is 0 Å². The summed E-state index contributed by atoms with van der Waals surface area (Å²) in [6.45, 7) is 0.663. The Hall–Kier alpha value is -2.22. The molecular formula is C17H18ClF3N4O. The Morgan fingerprint density at radius 3 is 2.73 bits per heavy atom. The molecule has 2 aromatic rings. The number of alkyl halides is 3. The molecule has 0 aliphatic carbocycles. The fourth-order valence-corrected chi connectivity index (χ4v) is 3.56. The third-order valence-corrected chi connectivity index (χ3v) is 4.79. The summed E-state index contributed by atoms with van der Waals surface area (Å²) < 4.78 is 41.6. The summed E-state index contributed by atoms with van der Waals surface area (Å²) in [5, 5.41) is 3.98. The van der Waals surface area contributed by atoms with Crippen molar-refractivity contribution in [2.24, 2.45) is 7.05 Å². The second-order valence-electron chi connectivity index (χ2n) is 6.42. The molecule has 0 unspecified atom stereocenters. The van der Waals surface area contributed by atoms with Gasteiger partial charge in [-0.1, -0.05) is 17.7 Å². The number of benzene rings is 1. The first-order chi connectivity index (χ1) is 12.2. The van der Waals surface area contributed by atoms with Crippen LogP contribution in [0.5, 0.6) is 0 Å². The highest BCUT2D eigenvalue weighted by atomic mass is 35.5. The molecule has 0 saturated carbocycles. The Kier molecular flexibility index (Phi) is 4.88. The van der Waals surface area contributed by atoms with Gasteiger partial charge in [-0.3, -0.25) is 9.48 Å². The average molecular weight is 387 g/mol. The summed E-state index contributed by atoms with van der Waals surface area (Å²) in [6.07, 6.45) is -1.81. The number of hydrogen-bond acceptors (Lipinski definition) is 3. The predicted molar refractivity (Wildman–Crippen MR) is 92.0 cm³/mol. The number of nitrogens with zero attached hydrogens (tertiary/aromatic N) is 3. The maximum absolute atomic E-state index is 13.4. The van der Waals surface area contributed by atoms with Gasteiger partial charge in [0.2, 0.25) is 0 Å². The minimum atomic E-state index is -4.50. The van der Waals surface area contributed by atoms with Gasteiger partial charge in [0.1, 0.15) is 5.56 Å². The van der Waals surface area contributed by atoms with E-state index < -0.39 is 17.7 Å². The van der Waals surface area contributed by atoms with Crippen LogP contribution in [-0.2, 0) is 13.2 Å². The van der Waals surface area contributed by atoms with E-state index in [9.17, 15) is 18.0 Å². The molecule has 0 bridgehead atoms. The zero-order chi connectivity index (χ0) is 19.1. The van der Waals surface area contributed by atoms with Crippen molar-refractivity contribution in [1.82, 2.24) is 14.7 Å². The fourth-order valence-electron chi connectivity index (χ4n) is 3.39. The topological polar surface area (TPSA) is 64.2 Å². The number of nitrogens with two attached hydrogens (primary N) is 1. The van der Waals surface area contributed by atoms with Crippen molar-refractivity contribution in [3.8, 4) is 0 Å². The van der Waals surface area contributed by atoms with Crippen LogP contribution in [0, 0.1) is 0 Å². The van der Waals surface area contributed by atoms with Gasteiger partial charge in [-0.2, -0.15) is 18.3 Å². The number of nitrogen functional groups attached to an aromatic ring is 1. The van der Waals surface area contributed by atoms with E-state index in [4.69, 9.17) is 17.3 Å². The number of likely N-dealkylation sites (tertiary alicyclic amines) is 1. The molecule has 140 valence electrons. The predicted octanol–water partition coefficient (Wildman–Crippen LogP) is 3.69. The molecule has 0 radical (unpaired) electrons. The van der Waals surface area contributed by atoms with Crippen LogP contribution < -0.4 is 5.73 Å². The molecule has 9 heteroatoms. The van der Waals surface area contributed by atoms with Crippen LogP contribution in [0.4, 0.5) is 19.0 Å². The van der Waals surface area contributed by atoms with Crippen LogP contribution in [0.1, 0.15) is 40.2 Å². The van der Waals surface area contributed by atoms with E-state index in [0.29, 0.717) is 19.4 Å². The van der Waals surface area contributed by atoms with Crippen molar-refractivity contribution in [3.63, 3.8) is 0 Å². The Labute approximate surface area is 153 Å². The number of carbonyl (C=O) groups excluding carboxylic acids is 1. The monoisotopic (exact) mass is 386 g/mol. The Balaban J connectivity index is 1.88. The van der Waals surface area contributed by atoms with Crippen molar-refractivity contribution in [1.29, 1.82) is 0 Å². The van der Waals surface area contributed by atoms with Crippen LogP contribution in [0.15, 0.2) is 24.4 Å². The lowest BCUT2D eigenvalue weighted by atomic mass is 9.87. The first-order valence-electron chi connectivity index (χ1n) is 8.12. The molecule has 2 heterocycles. The minimum absolute atomic E-state index is 0.0351. The van der Waals surface area contributed by atoms with Crippen molar-refractivity contribution in [2.45, 2.75) is 24.9 Å². The van der Waals surface area contributed by atoms with Crippen LogP contribution in [-0.4, -0.2) is 33.7 Å². The summed E-state index contributed by atoms with van der Waals surface area (Å²) in [7, 11) is 1.65. The van der Waals surface area contributed by atoms with Crippen molar-refractivity contribution >= 4 is 23.3 Å². The number of aryl methyl sites for hydroxylation is 1. The van der Waals surface area contributed by atoms with Gasteiger partial charge in [-0.25, -0.2) is 0 Å². The van der Waals surface area contributed by atoms with E-state index in [2.05, 4.69) is 5.10 Å². The van der Waals surface area contributed by atoms with Crippen molar-refractivity contribution in [2.75, 3.05) is 18.8 Å². The molecule has 1 saturated heterocycles. The lowest BCUT2D eigenvalue weighted by Gasteiger charge is -2.34. The summed E-state index contributed by atoms with van der Waals surface area (Å²) >= 11 is 5.75. The molecule has 1 aliphatic heterocycles. The molecule has 1 aromatic carbocycles. The van der Waals surface area contributed by atoms with Gasteiger partial charge in [0.05, 0.1) is 5.56 Å². The van der Waals surface area contributed by atoms with Gasteiger partial charge in [0.25, 0.3) is 5.91 Å². The average Bonchev–Trinajstić information content (AvgIpc) is 2.92. The third kappa shape index (κ3) is 3.65. The largest absolute Gasteiger partial charge is 0.416 e. The number of rotatable bonds is 2. The van der Waals surface area contributed by atoms with Gasteiger partial charge in [-0.05, 0) is 30.5 Å². The van der Waals surface area contributed by atoms with Gasteiger partial charge >= 0.3 is 6.18 Å². The van der Waals surface area contributed by atoms with E-state index in [0.717, 1.165) is 6.07 Å². The van der Waals surface area contributed by atoms with Gasteiger partial charge < -0.3 is 10.6 Å². The van der Waals surface area contributed by atoms with E-state index in [1.807, 2.05) is 0 Å². The minimum Gasteiger partial charge on any atom is -0.382 e. The standard InChI is InChI=1S/C17H18ClF3N4O/c1-24-9-13(15(22)23-24)16(26)25-6-2-3-10(8-25)12-5-4-11(18)7-14(12)17(19,20)21/h4-5,7,9-10H,2-3,6,8H2,1H3,(H2,22,23)/t10-/m1/s1. The van der Waals surface area contributed by atoms with E-state index in [1.54, 1.807) is 7.05 Å². The Morgan fingerprint density at radius 2 is 2.12 bits per heavy atom. The normalized spacial score (nSPS) is 18.2. The molecule has 0 spiro atoms. The number of halogens is 4. The van der Waals surface area contributed by atoms with Crippen molar-refractivity contribution < 1.29 is 18.0 Å². The fraction of sp³-hybridized carbons (Fsp3) is 0.412. The quantitative estimate of drug-likeness (QED) is 0.856. The molecule has 5 nitrogen and oxygen atoms in total. The highest BCUT2D eigenvalue weighted by Crippen LogP contribution is 2.39. The zero-order valence-corrected chi connectivity index (χ0v) is 14.8. The molecule has 1 aliphatic rings. The van der Waals surface area contributed by atoms with Gasteiger partial charge in [0, 0.05) is 37.3 Å². The summed E-state index contributed by atoms with van der Waals surface area (Å²) in [5.41, 5.74) is 5.43. The molecule has 1 aromatic heterocycles. The molecule has 1 amide bonds. The number of piperidine rings is 1. The van der Waals surface area contributed by atoms with E-state index in [-0.39, 0.29) is 34.4 Å². The summed E-state index contributed by atoms with van der Waals surface area (Å²) in [4.78, 5) is 14.2. The third-order valence-electron chi connectivity index (χ3n) is 4.56. The maximum Gasteiger partial charge on any atom is 0.416 e. The highest BCUT2D eigenvalue weighted by molar-refractivity contribution is 6.30.